The topological polar surface area (TPSA) is 49.3 Å². The molecule has 1 amide bonds. The second-order valence-corrected chi connectivity index (χ2v) is 5.91. The highest BCUT2D eigenvalue weighted by molar-refractivity contribution is 7.10. The summed E-state index contributed by atoms with van der Waals surface area (Å²) in [5.74, 6) is -0.0804. The molecule has 2 N–H and O–H groups in total. The van der Waals surface area contributed by atoms with E-state index in [1.54, 1.807) is 17.4 Å². The minimum absolute atomic E-state index is 0.0770. The fraction of sp³-hybridized carbons (Fsp3) is 0.500. The number of aliphatic hydroxyl groups is 1. The molecule has 0 atom stereocenters. The van der Waals surface area contributed by atoms with Crippen LogP contribution in [0.15, 0.2) is 23.6 Å². The molecule has 1 aliphatic carbocycles. The molecule has 0 radical (unpaired) electrons. The standard InChI is InChI=1S/C14H19NO2S/c16-11-14(7-1-2-8-14)10-15-13(17)6-5-12-4-3-9-18-12/h3-6,9,16H,1-2,7-8,10-11H2,(H,15,17)/b6-5+. The number of rotatable bonds is 5. The lowest BCUT2D eigenvalue weighted by molar-refractivity contribution is -0.117. The van der Waals surface area contributed by atoms with Crippen LogP contribution in [0.2, 0.25) is 0 Å². The van der Waals surface area contributed by atoms with Crippen LogP contribution in [0.5, 0.6) is 0 Å². The van der Waals surface area contributed by atoms with Crippen molar-refractivity contribution in [3.8, 4) is 0 Å². The number of carbonyl (C=O) groups is 1. The van der Waals surface area contributed by atoms with E-state index in [4.69, 9.17) is 0 Å². The molecule has 18 heavy (non-hydrogen) atoms. The number of amides is 1. The van der Waals surface area contributed by atoms with Gasteiger partial charge in [0.25, 0.3) is 0 Å². The summed E-state index contributed by atoms with van der Waals surface area (Å²) in [7, 11) is 0. The Morgan fingerprint density at radius 3 is 2.89 bits per heavy atom. The largest absolute Gasteiger partial charge is 0.396 e. The van der Waals surface area contributed by atoms with Crippen LogP contribution in [0.1, 0.15) is 30.6 Å². The van der Waals surface area contributed by atoms with Gasteiger partial charge in [-0.15, -0.1) is 11.3 Å². The highest BCUT2D eigenvalue weighted by Crippen LogP contribution is 2.36. The molecular formula is C14H19NO2S. The number of nitrogens with one attached hydrogen (secondary N) is 1. The maximum absolute atomic E-state index is 11.7. The van der Waals surface area contributed by atoms with E-state index in [1.165, 1.54) is 0 Å². The van der Waals surface area contributed by atoms with E-state index >= 15 is 0 Å². The average Bonchev–Trinajstić information content (AvgIpc) is 3.06. The first-order valence-electron chi connectivity index (χ1n) is 6.34. The normalized spacial score (nSPS) is 18.3. The van der Waals surface area contributed by atoms with Crippen molar-refractivity contribution in [3.05, 3.63) is 28.5 Å². The Labute approximate surface area is 112 Å². The predicted octanol–water partition coefficient (Wildman–Crippen LogP) is 2.43. The molecule has 1 aromatic rings. The van der Waals surface area contributed by atoms with E-state index in [-0.39, 0.29) is 17.9 Å². The molecule has 0 saturated heterocycles. The van der Waals surface area contributed by atoms with Crippen molar-refractivity contribution in [2.45, 2.75) is 25.7 Å². The van der Waals surface area contributed by atoms with Gasteiger partial charge in [0, 0.05) is 22.9 Å². The lowest BCUT2D eigenvalue weighted by Gasteiger charge is -2.26. The van der Waals surface area contributed by atoms with Gasteiger partial charge in [0.1, 0.15) is 0 Å². The Bertz CT molecular complexity index is 405. The number of aliphatic hydroxyl groups excluding tert-OH is 1. The van der Waals surface area contributed by atoms with Crippen molar-refractivity contribution in [2.75, 3.05) is 13.2 Å². The second-order valence-electron chi connectivity index (χ2n) is 4.93. The Kier molecular flexibility index (Phi) is 4.55. The van der Waals surface area contributed by atoms with Crippen LogP contribution in [-0.2, 0) is 4.79 Å². The van der Waals surface area contributed by atoms with Crippen LogP contribution >= 0.6 is 11.3 Å². The third-order valence-corrected chi connectivity index (χ3v) is 4.42. The molecule has 4 heteroatoms. The van der Waals surface area contributed by atoms with Crippen LogP contribution in [0.4, 0.5) is 0 Å². The number of hydrogen-bond acceptors (Lipinski definition) is 3. The van der Waals surface area contributed by atoms with Gasteiger partial charge in [0.05, 0.1) is 6.61 Å². The molecular weight excluding hydrogens is 246 g/mol. The summed E-state index contributed by atoms with van der Waals surface area (Å²) in [4.78, 5) is 12.8. The van der Waals surface area contributed by atoms with Crippen molar-refractivity contribution in [2.24, 2.45) is 5.41 Å². The Morgan fingerprint density at radius 1 is 1.50 bits per heavy atom. The van der Waals surface area contributed by atoms with Gasteiger partial charge in [-0.25, -0.2) is 0 Å². The molecule has 0 bridgehead atoms. The summed E-state index contributed by atoms with van der Waals surface area (Å²) in [6.07, 6.45) is 7.71. The summed E-state index contributed by atoms with van der Waals surface area (Å²) in [6, 6.07) is 3.93. The second kappa shape index (κ2) is 6.16. The van der Waals surface area contributed by atoms with Crippen molar-refractivity contribution in [1.29, 1.82) is 0 Å². The van der Waals surface area contributed by atoms with Crippen molar-refractivity contribution >= 4 is 23.3 Å². The van der Waals surface area contributed by atoms with Crippen LogP contribution < -0.4 is 5.32 Å². The summed E-state index contributed by atoms with van der Waals surface area (Å²) < 4.78 is 0. The van der Waals surface area contributed by atoms with E-state index in [0.717, 1.165) is 30.6 Å². The minimum Gasteiger partial charge on any atom is -0.396 e. The van der Waals surface area contributed by atoms with Gasteiger partial charge in [-0.05, 0) is 30.4 Å². The van der Waals surface area contributed by atoms with Crippen LogP contribution in [0.3, 0.4) is 0 Å². The zero-order valence-electron chi connectivity index (χ0n) is 10.4. The maximum atomic E-state index is 11.7. The van der Waals surface area contributed by atoms with Gasteiger partial charge in [-0.2, -0.15) is 0 Å². The molecule has 1 heterocycles. The first kappa shape index (κ1) is 13.3. The lowest BCUT2D eigenvalue weighted by atomic mass is 9.87. The molecule has 1 saturated carbocycles. The lowest BCUT2D eigenvalue weighted by Crippen LogP contribution is -2.37. The summed E-state index contributed by atoms with van der Waals surface area (Å²) in [6.45, 7) is 0.749. The van der Waals surface area contributed by atoms with E-state index < -0.39 is 0 Å². The maximum Gasteiger partial charge on any atom is 0.244 e. The number of carbonyl (C=O) groups excluding carboxylic acids is 1. The van der Waals surface area contributed by atoms with Crippen LogP contribution in [-0.4, -0.2) is 24.2 Å². The van der Waals surface area contributed by atoms with Crippen molar-refractivity contribution in [3.63, 3.8) is 0 Å². The smallest absolute Gasteiger partial charge is 0.244 e. The molecule has 1 aromatic heterocycles. The minimum atomic E-state index is -0.0804. The zero-order valence-corrected chi connectivity index (χ0v) is 11.2. The fourth-order valence-corrected chi connectivity index (χ4v) is 3.01. The molecule has 1 aliphatic rings. The summed E-state index contributed by atoms with van der Waals surface area (Å²) in [5.41, 5.74) is -0.0770. The first-order chi connectivity index (χ1) is 8.74. The third kappa shape index (κ3) is 3.43. The van der Waals surface area contributed by atoms with Crippen molar-refractivity contribution in [1.82, 2.24) is 5.32 Å². The Hall–Kier alpha value is -1.13. The summed E-state index contributed by atoms with van der Waals surface area (Å²) >= 11 is 1.61. The molecule has 0 aromatic carbocycles. The Balaban J connectivity index is 1.81. The van der Waals surface area contributed by atoms with Gasteiger partial charge in [-0.3, -0.25) is 4.79 Å². The van der Waals surface area contributed by atoms with Crippen molar-refractivity contribution < 1.29 is 9.90 Å². The zero-order chi connectivity index (χ0) is 12.8. The predicted molar refractivity (Wildman–Crippen MR) is 74.3 cm³/mol. The summed E-state index contributed by atoms with van der Waals surface area (Å²) in [5, 5.41) is 14.3. The molecule has 0 spiro atoms. The van der Waals surface area contributed by atoms with E-state index in [2.05, 4.69) is 5.32 Å². The average molecular weight is 265 g/mol. The SMILES string of the molecule is O=C(/C=C/c1cccs1)NCC1(CO)CCCC1. The number of thiophene rings is 1. The van der Waals surface area contributed by atoms with E-state index in [1.807, 2.05) is 23.6 Å². The monoisotopic (exact) mass is 265 g/mol. The third-order valence-electron chi connectivity index (χ3n) is 3.58. The highest BCUT2D eigenvalue weighted by atomic mass is 32.1. The van der Waals surface area contributed by atoms with Gasteiger partial charge in [0.15, 0.2) is 0 Å². The van der Waals surface area contributed by atoms with E-state index in [9.17, 15) is 9.90 Å². The molecule has 0 aliphatic heterocycles. The molecule has 98 valence electrons. The fourth-order valence-electron chi connectivity index (χ4n) is 2.39. The molecule has 2 rings (SSSR count). The van der Waals surface area contributed by atoms with Crippen LogP contribution in [0.25, 0.3) is 6.08 Å². The van der Waals surface area contributed by atoms with Gasteiger partial charge in [0.2, 0.25) is 5.91 Å². The first-order valence-corrected chi connectivity index (χ1v) is 7.22. The highest BCUT2D eigenvalue weighted by Gasteiger charge is 2.33. The Morgan fingerprint density at radius 2 is 2.28 bits per heavy atom. The van der Waals surface area contributed by atoms with Gasteiger partial charge in [-0.1, -0.05) is 18.9 Å². The van der Waals surface area contributed by atoms with Gasteiger partial charge >= 0.3 is 0 Å². The molecule has 1 fully saturated rings. The van der Waals surface area contributed by atoms with E-state index in [0.29, 0.717) is 6.54 Å². The number of hydrogen-bond donors (Lipinski definition) is 2. The van der Waals surface area contributed by atoms with Crippen LogP contribution in [0, 0.1) is 5.41 Å². The van der Waals surface area contributed by atoms with Gasteiger partial charge < -0.3 is 10.4 Å². The quantitative estimate of drug-likeness (QED) is 0.803. The molecule has 0 unspecified atom stereocenters. The molecule has 3 nitrogen and oxygen atoms in total.